The van der Waals surface area contributed by atoms with Crippen LogP contribution in [0.15, 0.2) is 40.9 Å². The number of urea groups is 1. The van der Waals surface area contributed by atoms with Crippen LogP contribution in [-0.4, -0.2) is 26.0 Å². The van der Waals surface area contributed by atoms with E-state index in [0.29, 0.717) is 17.9 Å². The van der Waals surface area contributed by atoms with Crippen molar-refractivity contribution in [3.63, 3.8) is 0 Å². The number of nitrogens with zero attached hydrogens (tertiary/aromatic N) is 1. The quantitative estimate of drug-likeness (QED) is 0.809. The van der Waals surface area contributed by atoms with Gasteiger partial charge in [0.25, 0.3) is 0 Å². The summed E-state index contributed by atoms with van der Waals surface area (Å²) in [7, 11) is 3.22. The molecule has 0 saturated carbocycles. The lowest BCUT2D eigenvalue weighted by molar-refractivity contribution is 0.0349. The van der Waals surface area contributed by atoms with Crippen molar-refractivity contribution in [1.29, 1.82) is 0 Å². The maximum absolute atomic E-state index is 12.9. The van der Waals surface area contributed by atoms with Gasteiger partial charge in [0.15, 0.2) is 17.2 Å². The van der Waals surface area contributed by atoms with Crippen LogP contribution in [0.5, 0.6) is 17.2 Å². The zero-order valence-corrected chi connectivity index (χ0v) is 16.3. The number of halogens is 1. The van der Waals surface area contributed by atoms with E-state index in [2.05, 4.69) is 21.2 Å². The van der Waals surface area contributed by atoms with Crippen molar-refractivity contribution in [2.45, 2.75) is 25.1 Å². The lowest BCUT2D eigenvalue weighted by atomic mass is 9.90. The van der Waals surface area contributed by atoms with Gasteiger partial charge in [0.1, 0.15) is 5.75 Å². The summed E-state index contributed by atoms with van der Waals surface area (Å²) in [5.41, 5.74) is 0.829. The fourth-order valence-corrected chi connectivity index (χ4v) is 4.13. The number of rotatable bonds is 3. The summed E-state index contributed by atoms with van der Waals surface area (Å²) in [6.45, 7) is 1.92. The second-order valence-corrected chi connectivity index (χ2v) is 7.46. The summed E-state index contributed by atoms with van der Waals surface area (Å²) < 4.78 is 17.9. The van der Waals surface area contributed by atoms with Crippen LogP contribution in [0.1, 0.15) is 24.9 Å². The smallest absolute Gasteiger partial charge is 0.325 e. The lowest BCUT2D eigenvalue weighted by Gasteiger charge is -2.50. The van der Waals surface area contributed by atoms with Gasteiger partial charge in [0, 0.05) is 22.1 Å². The van der Waals surface area contributed by atoms with Crippen molar-refractivity contribution < 1.29 is 19.0 Å². The van der Waals surface area contributed by atoms with Crippen molar-refractivity contribution in [2.75, 3.05) is 19.1 Å². The van der Waals surface area contributed by atoms with Gasteiger partial charge in [0.2, 0.25) is 0 Å². The first kappa shape index (κ1) is 17.0. The van der Waals surface area contributed by atoms with E-state index in [9.17, 15) is 4.79 Å². The number of nitrogens with one attached hydrogen (secondary N) is 1. The number of amides is 2. The highest BCUT2D eigenvalue weighted by atomic mass is 79.9. The van der Waals surface area contributed by atoms with E-state index in [1.54, 1.807) is 19.1 Å². The Morgan fingerprint density at radius 3 is 2.62 bits per heavy atom. The Morgan fingerprint density at radius 2 is 1.96 bits per heavy atom. The fourth-order valence-electron chi connectivity index (χ4n) is 3.67. The molecule has 2 aliphatic rings. The molecule has 1 saturated heterocycles. The Kier molecular flexibility index (Phi) is 3.99. The third-order valence-corrected chi connectivity index (χ3v) is 5.31. The average Bonchev–Trinajstić information content (AvgIpc) is 2.62. The van der Waals surface area contributed by atoms with E-state index in [0.717, 1.165) is 21.5 Å². The zero-order chi connectivity index (χ0) is 18.5. The van der Waals surface area contributed by atoms with Crippen LogP contribution in [0.4, 0.5) is 10.5 Å². The second kappa shape index (κ2) is 6.09. The molecule has 2 heterocycles. The van der Waals surface area contributed by atoms with Crippen LogP contribution in [0.3, 0.4) is 0 Å². The van der Waals surface area contributed by atoms with Crippen LogP contribution in [0, 0.1) is 0 Å². The third-order valence-electron chi connectivity index (χ3n) is 4.85. The van der Waals surface area contributed by atoms with Gasteiger partial charge in [-0.3, -0.25) is 4.90 Å². The minimum atomic E-state index is -0.824. The van der Waals surface area contributed by atoms with E-state index in [-0.39, 0.29) is 12.1 Å². The van der Waals surface area contributed by atoms with Gasteiger partial charge in [0.05, 0.1) is 20.3 Å². The first-order chi connectivity index (χ1) is 12.4. The van der Waals surface area contributed by atoms with Crippen LogP contribution < -0.4 is 24.4 Å². The molecule has 1 N–H and O–H groups in total. The maximum Gasteiger partial charge on any atom is 0.325 e. The maximum atomic E-state index is 12.9. The first-order valence-corrected chi connectivity index (χ1v) is 9.06. The topological polar surface area (TPSA) is 60.0 Å². The molecule has 0 unspecified atom stereocenters. The number of hydrogen-bond acceptors (Lipinski definition) is 4. The molecule has 1 fully saturated rings. The molecule has 2 atom stereocenters. The minimum absolute atomic E-state index is 0.142. The molecule has 2 aromatic carbocycles. The zero-order valence-electron chi connectivity index (χ0n) is 14.7. The van der Waals surface area contributed by atoms with E-state index in [1.807, 2.05) is 43.3 Å². The third kappa shape index (κ3) is 2.58. The van der Waals surface area contributed by atoms with Crippen molar-refractivity contribution in [3.05, 3.63) is 46.4 Å². The molecule has 6 nitrogen and oxygen atoms in total. The Morgan fingerprint density at radius 1 is 1.23 bits per heavy atom. The van der Waals surface area contributed by atoms with Gasteiger partial charge < -0.3 is 19.5 Å². The van der Waals surface area contributed by atoms with E-state index in [4.69, 9.17) is 14.2 Å². The average molecular weight is 419 g/mol. The van der Waals surface area contributed by atoms with Crippen LogP contribution in [0.2, 0.25) is 0 Å². The molecule has 2 aromatic rings. The molecule has 0 radical (unpaired) electrons. The largest absolute Gasteiger partial charge is 0.497 e. The monoisotopic (exact) mass is 418 g/mol. The standard InChI is InChI=1S/C19H19BrN2O4/c1-19-10-15(14-8-11(20)9-16(25-3)17(14)26-19)21-18(23)22(19)12-4-6-13(24-2)7-5-12/h4-9,15H,10H2,1-3H3,(H,21,23)/t15-,19-/m1/s1. The molecule has 2 amide bonds. The predicted molar refractivity (Wildman–Crippen MR) is 101 cm³/mol. The highest BCUT2D eigenvalue weighted by Gasteiger charge is 2.50. The summed E-state index contributed by atoms with van der Waals surface area (Å²) in [6, 6.07) is 10.8. The van der Waals surface area contributed by atoms with Crippen LogP contribution in [-0.2, 0) is 0 Å². The van der Waals surface area contributed by atoms with E-state index >= 15 is 0 Å². The van der Waals surface area contributed by atoms with Crippen molar-refractivity contribution in [3.8, 4) is 17.2 Å². The molecule has 2 aliphatic heterocycles. The molecule has 4 rings (SSSR count). The van der Waals surface area contributed by atoms with Gasteiger partial charge in [-0.15, -0.1) is 0 Å². The van der Waals surface area contributed by atoms with Gasteiger partial charge in [-0.25, -0.2) is 4.79 Å². The van der Waals surface area contributed by atoms with Gasteiger partial charge in [-0.1, -0.05) is 15.9 Å². The number of anilines is 1. The Hall–Kier alpha value is -2.41. The number of carbonyl (C=O) groups excluding carboxylic acids is 1. The number of hydrogen-bond donors (Lipinski definition) is 1. The van der Waals surface area contributed by atoms with Crippen molar-refractivity contribution in [1.82, 2.24) is 5.32 Å². The van der Waals surface area contributed by atoms with Crippen LogP contribution in [0.25, 0.3) is 0 Å². The van der Waals surface area contributed by atoms with E-state index in [1.165, 1.54) is 0 Å². The Balaban J connectivity index is 1.79. The summed E-state index contributed by atoms with van der Waals surface area (Å²) in [5, 5.41) is 3.08. The molecule has 7 heteroatoms. The van der Waals surface area contributed by atoms with Gasteiger partial charge in [-0.2, -0.15) is 0 Å². The number of carbonyl (C=O) groups is 1. The van der Waals surface area contributed by atoms with E-state index < -0.39 is 5.72 Å². The minimum Gasteiger partial charge on any atom is -0.497 e. The normalized spacial score (nSPS) is 23.6. The Labute approximate surface area is 160 Å². The molecule has 0 aromatic heterocycles. The molecule has 0 spiro atoms. The van der Waals surface area contributed by atoms with Gasteiger partial charge in [-0.05, 0) is 43.3 Å². The number of benzene rings is 2. The number of methoxy groups -OCH3 is 2. The van der Waals surface area contributed by atoms with Crippen molar-refractivity contribution in [2.24, 2.45) is 0 Å². The number of fused-ring (bicyclic) bond motifs is 4. The lowest BCUT2D eigenvalue weighted by Crippen LogP contribution is -2.65. The highest BCUT2D eigenvalue weighted by Crippen LogP contribution is 2.50. The molecule has 2 bridgehead atoms. The Bertz CT molecular complexity index is 871. The highest BCUT2D eigenvalue weighted by molar-refractivity contribution is 9.10. The number of ether oxygens (including phenoxy) is 3. The summed E-state index contributed by atoms with van der Waals surface area (Å²) in [4.78, 5) is 14.5. The SMILES string of the molecule is COc1ccc(N2C(=O)N[C@@H]3C[C@@]2(C)Oc2c(OC)cc(Br)cc23)cc1. The predicted octanol–water partition coefficient (Wildman–Crippen LogP) is 4.24. The molecule has 0 aliphatic carbocycles. The fraction of sp³-hybridized carbons (Fsp3) is 0.316. The van der Waals surface area contributed by atoms with Gasteiger partial charge >= 0.3 is 6.03 Å². The van der Waals surface area contributed by atoms with Crippen LogP contribution >= 0.6 is 15.9 Å². The molecular formula is C19H19BrN2O4. The first-order valence-electron chi connectivity index (χ1n) is 8.26. The van der Waals surface area contributed by atoms with Crippen molar-refractivity contribution >= 4 is 27.6 Å². The second-order valence-electron chi connectivity index (χ2n) is 6.54. The molecule has 26 heavy (non-hydrogen) atoms. The molecule has 136 valence electrons. The summed E-state index contributed by atoms with van der Waals surface area (Å²) in [5.74, 6) is 2.03. The summed E-state index contributed by atoms with van der Waals surface area (Å²) >= 11 is 3.49. The summed E-state index contributed by atoms with van der Waals surface area (Å²) in [6.07, 6.45) is 0.622. The molecular weight excluding hydrogens is 400 g/mol.